The molecule has 1 aromatic carbocycles. The zero-order valence-corrected chi connectivity index (χ0v) is 12.6. The van der Waals surface area contributed by atoms with Crippen LogP contribution in [0.1, 0.15) is 16.1 Å². The molecule has 0 atom stereocenters. The molecule has 0 fully saturated rings. The monoisotopic (exact) mass is 323 g/mol. The zero-order chi connectivity index (χ0) is 16.3. The van der Waals surface area contributed by atoms with E-state index in [0.717, 1.165) is 6.26 Å². The van der Waals surface area contributed by atoms with Gasteiger partial charge in [0.25, 0.3) is 11.5 Å². The number of sulfone groups is 1. The van der Waals surface area contributed by atoms with Gasteiger partial charge in [-0.25, -0.2) is 8.42 Å². The van der Waals surface area contributed by atoms with E-state index in [1.165, 1.54) is 31.2 Å². The van der Waals surface area contributed by atoms with Gasteiger partial charge in [0.05, 0.1) is 4.90 Å². The second-order valence-electron chi connectivity index (χ2n) is 4.47. The Bertz CT molecular complexity index is 875. The maximum Gasteiger partial charge on any atom is 0.274 e. The van der Waals surface area contributed by atoms with Gasteiger partial charge in [-0.2, -0.15) is 0 Å². The number of aryl methyl sites for hydroxylation is 1. The Morgan fingerprint density at radius 2 is 2.00 bits per heavy atom. The molecule has 1 aromatic heterocycles. The van der Waals surface area contributed by atoms with E-state index < -0.39 is 21.3 Å². The van der Waals surface area contributed by atoms with Crippen molar-refractivity contribution in [2.75, 3.05) is 11.7 Å². The number of rotatable bonds is 4. The number of nitrogens with zero attached hydrogens (tertiary/aromatic N) is 2. The highest BCUT2D eigenvalue weighted by atomic mass is 32.2. The van der Waals surface area contributed by atoms with Gasteiger partial charge in [0.1, 0.15) is 5.69 Å². The van der Waals surface area contributed by atoms with E-state index in [2.05, 4.69) is 26.0 Å². The molecule has 0 bridgehead atoms. The van der Waals surface area contributed by atoms with Crippen LogP contribution < -0.4 is 16.4 Å². The van der Waals surface area contributed by atoms with Crippen LogP contribution in [0, 0.1) is 6.92 Å². The number of aromatic nitrogens is 3. The number of carbonyl (C=O) groups excluding carboxylic acids is 1. The Morgan fingerprint density at radius 3 is 2.64 bits per heavy atom. The van der Waals surface area contributed by atoms with Crippen molar-refractivity contribution in [3.8, 4) is 0 Å². The van der Waals surface area contributed by atoms with Crippen LogP contribution in [-0.4, -0.2) is 35.8 Å². The molecule has 0 spiro atoms. The smallest absolute Gasteiger partial charge is 0.274 e. The van der Waals surface area contributed by atoms with E-state index in [0.29, 0.717) is 0 Å². The average molecular weight is 323 g/mol. The van der Waals surface area contributed by atoms with E-state index in [4.69, 9.17) is 0 Å². The van der Waals surface area contributed by atoms with Crippen molar-refractivity contribution in [2.24, 2.45) is 0 Å². The van der Waals surface area contributed by atoms with Crippen molar-refractivity contribution in [1.29, 1.82) is 0 Å². The Kier molecular flexibility index (Phi) is 4.22. The molecule has 1 amide bonds. The average Bonchev–Trinajstić information content (AvgIpc) is 2.47. The van der Waals surface area contributed by atoms with Crippen LogP contribution in [0.4, 0.5) is 5.95 Å². The minimum atomic E-state index is -3.41. The molecule has 0 radical (unpaired) electrons. The Labute approximate surface area is 125 Å². The van der Waals surface area contributed by atoms with Gasteiger partial charge in [0, 0.05) is 11.8 Å². The first-order valence-corrected chi connectivity index (χ1v) is 7.96. The predicted molar refractivity (Wildman–Crippen MR) is 78.0 cm³/mol. The van der Waals surface area contributed by atoms with Crippen molar-refractivity contribution >= 4 is 21.7 Å². The largest absolute Gasteiger partial charge is 0.288 e. The Hall–Kier alpha value is -2.75. The lowest BCUT2D eigenvalue weighted by Gasteiger charge is -2.07. The first-order valence-electron chi connectivity index (χ1n) is 6.07. The lowest BCUT2D eigenvalue weighted by Crippen LogP contribution is -2.32. The van der Waals surface area contributed by atoms with E-state index in [-0.39, 0.29) is 22.1 Å². The number of hydrogen-bond acceptors (Lipinski definition) is 7. The second-order valence-corrected chi connectivity index (χ2v) is 6.48. The number of nitrogens with one attached hydrogen (secondary N) is 3. The minimum absolute atomic E-state index is 0.0312. The molecular weight excluding hydrogens is 310 g/mol. The highest BCUT2D eigenvalue weighted by Gasteiger charge is 2.11. The molecule has 0 aliphatic heterocycles. The number of aromatic amines is 1. The predicted octanol–water partition coefficient (Wildman–Crippen LogP) is -0.366. The highest BCUT2D eigenvalue weighted by Crippen LogP contribution is 2.11. The van der Waals surface area contributed by atoms with Gasteiger partial charge in [0.15, 0.2) is 9.84 Å². The van der Waals surface area contributed by atoms with Crippen LogP contribution in [0.2, 0.25) is 0 Å². The zero-order valence-electron chi connectivity index (χ0n) is 11.7. The van der Waals surface area contributed by atoms with Crippen LogP contribution in [0.3, 0.4) is 0 Å². The molecule has 3 N–H and O–H groups in total. The molecule has 1 heterocycles. The van der Waals surface area contributed by atoms with Gasteiger partial charge >= 0.3 is 0 Å². The van der Waals surface area contributed by atoms with Crippen LogP contribution in [0.5, 0.6) is 0 Å². The van der Waals surface area contributed by atoms with E-state index in [1.54, 1.807) is 0 Å². The third-order valence-corrected chi connectivity index (χ3v) is 3.79. The minimum Gasteiger partial charge on any atom is -0.288 e. The van der Waals surface area contributed by atoms with Gasteiger partial charge in [0.2, 0.25) is 5.95 Å². The van der Waals surface area contributed by atoms with Crippen LogP contribution in [0.15, 0.2) is 34.0 Å². The summed E-state index contributed by atoms with van der Waals surface area (Å²) in [7, 11) is -3.41. The molecule has 22 heavy (non-hydrogen) atoms. The Morgan fingerprint density at radius 1 is 1.27 bits per heavy atom. The SMILES string of the molecule is Cc1nnc(NNC(=O)c2cccc(S(C)(=O)=O)c2)[nH]c1=O. The summed E-state index contributed by atoms with van der Waals surface area (Å²) in [5.41, 5.74) is 4.57. The number of anilines is 1. The summed E-state index contributed by atoms with van der Waals surface area (Å²) in [6, 6.07) is 5.55. The van der Waals surface area contributed by atoms with Gasteiger partial charge in [-0.1, -0.05) is 6.07 Å². The summed E-state index contributed by atoms with van der Waals surface area (Å²) in [6.07, 6.45) is 1.05. The topological polar surface area (TPSA) is 134 Å². The number of hydrazine groups is 1. The number of benzene rings is 1. The third kappa shape index (κ3) is 3.67. The summed E-state index contributed by atoms with van der Waals surface area (Å²) >= 11 is 0. The van der Waals surface area contributed by atoms with Crippen molar-refractivity contribution in [1.82, 2.24) is 20.6 Å². The number of carbonyl (C=O) groups is 1. The lowest BCUT2D eigenvalue weighted by molar-refractivity contribution is 0.0962. The summed E-state index contributed by atoms with van der Waals surface area (Å²) < 4.78 is 22.9. The summed E-state index contributed by atoms with van der Waals surface area (Å²) in [5.74, 6) is -0.628. The summed E-state index contributed by atoms with van der Waals surface area (Å²) in [4.78, 5) is 25.7. The number of H-pyrrole nitrogens is 1. The molecule has 0 saturated heterocycles. The summed E-state index contributed by atoms with van der Waals surface area (Å²) in [5, 5.41) is 7.22. The van der Waals surface area contributed by atoms with Crippen LogP contribution in [-0.2, 0) is 9.84 Å². The second kappa shape index (κ2) is 5.93. The van der Waals surface area contributed by atoms with Gasteiger partial charge in [-0.05, 0) is 25.1 Å². The van der Waals surface area contributed by atoms with Crippen LogP contribution >= 0.6 is 0 Å². The Balaban J connectivity index is 2.12. The molecule has 2 rings (SSSR count). The molecule has 0 unspecified atom stereocenters. The van der Waals surface area contributed by atoms with Crippen LogP contribution in [0.25, 0.3) is 0 Å². The quantitative estimate of drug-likeness (QED) is 0.654. The molecule has 2 aromatic rings. The van der Waals surface area contributed by atoms with Crippen molar-refractivity contribution < 1.29 is 13.2 Å². The van der Waals surface area contributed by atoms with Gasteiger partial charge < -0.3 is 0 Å². The highest BCUT2D eigenvalue weighted by molar-refractivity contribution is 7.90. The van der Waals surface area contributed by atoms with Crippen molar-refractivity contribution in [3.63, 3.8) is 0 Å². The maximum absolute atomic E-state index is 11.9. The molecule has 0 saturated carbocycles. The fourth-order valence-electron chi connectivity index (χ4n) is 1.51. The van der Waals surface area contributed by atoms with E-state index >= 15 is 0 Å². The fraction of sp³-hybridized carbons (Fsp3) is 0.167. The molecular formula is C12H13N5O4S. The normalized spacial score (nSPS) is 11.0. The van der Waals surface area contributed by atoms with Gasteiger partial charge in [-0.15, -0.1) is 10.2 Å². The van der Waals surface area contributed by atoms with Crippen molar-refractivity contribution in [3.05, 3.63) is 45.9 Å². The molecule has 9 nitrogen and oxygen atoms in total. The van der Waals surface area contributed by atoms with E-state index in [9.17, 15) is 18.0 Å². The molecule has 10 heteroatoms. The molecule has 116 valence electrons. The first-order chi connectivity index (χ1) is 10.3. The maximum atomic E-state index is 11.9. The van der Waals surface area contributed by atoms with Gasteiger partial charge in [-0.3, -0.25) is 25.4 Å². The molecule has 0 aliphatic rings. The number of hydrogen-bond donors (Lipinski definition) is 3. The third-order valence-electron chi connectivity index (χ3n) is 2.68. The van der Waals surface area contributed by atoms with Crippen molar-refractivity contribution in [2.45, 2.75) is 11.8 Å². The number of amides is 1. The lowest BCUT2D eigenvalue weighted by atomic mass is 10.2. The van der Waals surface area contributed by atoms with E-state index in [1.807, 2.05) is 0 Å². The fourth-order valence-corrected chi connectivity index (χ4v) is 2.17. The standard InChI is InChI=1S/C12H13N5O4S/c1-7-10(18)13-12(16-14-7)17-15-11(19)8-4-3-5-9(6-8)22(2,20)21/h3-6H,1-2H3,(H,15,19)(H2,13,16,17,18). The first kappa shape index (κ1) is 15.6. The summed E-state index contributed by atoms with van der Waals surface area (Å²) in [6.45, 7) is 1.49. The molecule has 0 aliphatic carbocycles.